The highest BCUT2D eigenvalue weighted by Gasteiger charge is 2.17. The second kappa shape index (κ2) is 12.1. The molecule has 0 atom stereocenters. The van der Waals surface area contributed by atoms with Gasteiger partial charge in [0, 0.05) is 0 Å². The molecule has 56 heavy (non-hydrogen) atoms. The maximum absolute atomic E-state index is 9.75. The van der Waals surface area contributed by atoms with Crippen molar-refractivity contribution in [1.29, 1.82) is 0 Å². The Kier molecular flexibility index (Phi) is 4.67. The van der Waals surface area contributed by atoms with Gasteiger partial charge >= 0.3 is 0 Å². The third-order valence-corrected chi connectivity index (χ3v) is 11.2. The second-order valence-corrected chi connectivity index (χ2v) is 14.2. The molecule has 258 valence electrons. The molecule has 0 heteroatoms. The van der Waals surface area contributed by atoms with E-state index in [0.717, 1.165) is 65.0 Å². The van der Waals surface area contributed by atoms with Crippen molar-refractivity contribution in [1.82, 2.24) is 0 Å². The van der Waals surface area contributed by atoms with Crippen LogP contribution in [0.4, 0.5) is 0 Å². The smallest absolute Gasteiger partial charge is 0.0622 e. The van der Waals surface area contributed by atoms with Crippen molar-refractivity contribution in [2.75, 3.05) is 0 Å². The summed E-state index contributed by atoms with van der Waals surface area (Å²) in [6.07, 6.45) is 0. The number of rotatable bonds is 5. The maximum atomic E-state index is 9.75. The van der Waals surface area contributed by atoms with Gasteiger partial charge in [-0.1, -0.05) is 188 Å². The molecule has 0 unspecified atom stereocenters. The normalized spacial score (nSPS) is 14.9. The van der Waals surface area contributed by atoms with E-state index in [1.807, 2.05) is 109 Å². The summed E-state index contributed by atoms with van der Waals surface area (Å²) < 4.78 is 112. The third-order valence-electron chi connectivity index (χ3n) is 11.2. The van der Waals surface area contributed by atoms with Crippen LogP contribution in [0.15, 0.2) is 206 Å². The highest BCUT2D eigenvalue weighted by molar-refractivity contribution is 6.28. The van der Waals surface area contributed by atoms with E-state index in [9.17, 15) is 9.60 Å². The summed E-state index contributed by atoms with van der Waals surface area (Å²) in [5, 5.41) is 10.9. The van der Waals surface area contributed by atoms with Crippen molar-refractivity contribution in [3.05, 3.63) is 206 Å². The Balaban J connectivity index is 1.08. The Labute approximate surface area is 342 Å². The van der Waals surface area contributed by atoms with Gasteiger partial charge in [-0.2, -0.15) is 0 Å². The molecule has 0 amide bonds. The fourth-order valence-corrected chi connectivity index (χ4v) is 8.63. The highest BCUT2D eigenvalue weighted by Crippen LogP contribution is 2.44. The van der Waals surface area contributed by atoms with Crippen molar-refractivity contribution < 1.29 is 16.4 Å². The van der Waals surface area contributed by atoms with Crippen LogP contribution in [0.5, 0.6) is 0 Å². The lowest BCUT2D eigenvalue weighted by molar-refractivity contribution is 1.58. The minimum absolute atomic E-state index is 0.000571. The molecule has 0 aliphatic heterocycles. The van der Waals surface area contributed by atoms with Crippen molar-refractivity contribution in [3.63, 3.8) is 0 Å². The fraction of sp³-hybridized carbons (Fsp3) is 0. The van der Waals surface area contributed by atoms with E-state index in [0.29, 0.717) is 21.9 Å². The van der Waals surface area contributed by atoms with Crippen molar-refractivity contribution in [2.24, 2.45) is 0 Å². The van der Waals surface area contributed by atoms with Crippen LogP contribution in [0.3, 0.4) is 0 Å². The Hall–Kier alpha value is -7.28. The summed E-state index contributed by atoms with van der Waals surface area (Å²) in [5.74, 6) is 0. The molecule has 0 fully saturated rings. The van der Waals surface area contributed by atoms with Crippen LogP contribution in [-0.2, 0) is 0 Å². The molecular formula is C56H34. The van der Waals surface area contributed by atoms with Gasteiger partial charge in [-0.15, -0.1) is 0 Å². The quantitative estimate of drug-likeness (QED) is 0.155. The zero-order valence-corrected chi connectivity index (χ0v) is 29.7. The average molecular weight is 719 g/mol. The first kappa shape index (κ1) is 21.6. The molecule has 0 aliphatic carbocycles. The molecule has 0 saturated carbocycles. The Morgan fingerprint density at radius 1 is 0.268 bits per heavy atom. The zero-order chi connectivity index (χ0) is 47.2. The molecular weight excluding hydrogens is 673 g/mol. The third kappa shape index (κ3) is 4.73. The predicted octanol–water partition coefficient (Wildman–Crippen LogP) is 15.8. The molecule has 12 aromatic rings. The lowest BCUT2D eigenvalue weighted by atomic mass is 9.86. The van der Waals surface area contributed by atoms with Gasteiger partial charge in [0.15, 0.2) is 0 Å². The van der Waals surface area contributed by atoms with Crippen LogP contribution in [-0.4, -0.2) is 0 Å². The highest BCUT2D eigenvalue weighted by atomic mass is 14.2. The lowest BCUT2D eigenvalue weighted by Crippen LogP contribution is -1.90. The molecule has 12 rings (SSSR count). The van der Waals surface area contributed by atoms with Crippen molar-refractivity contribution in [3.8, 4) is 55.6 Å². The summed E-state index contributed by atoms with van der Waals surface area (Å²) in [4.78, 5) is 0. The number of hydrogen-bond acceptors (Lipinski definition) is 0. The molecule has 0 N–H and O–H groups in total. The van der Waals surface area contributed by atoms with Crippen LogP contribution >= 0.6 is 0 Å². The Morgan fingerprint density at radius 2 is 0.714 bits per heavy atom. The van der Waals surface area contributed by atoms with E-state index >= 15 is 0 Å². The summed E-state index contributed by atoms with van der Waals surface area (Å²) in [5.41, 5.74) is 1.36. The van der Waals surface area contributed by atoms with Crippen molar-refractivity contribution >= 4 is 64.6 Å². The molecule has 12 aromatic carbocycles. The average Bonchev–Trinajstić information content (AvgIpc) is 3.35. The summed E-state index contributed by atoms with van der Waals surface area (Å²) >= 11 is 0. The summed E-state index contributed by atoms with van der Waals surface area (Å²) in [7, 11) is 0. The van der Waals surface area contributed by atoms with Crippen LogP contribution in [0, 0.1) is 0 Å². The van der Waals surface area contributed by atoms with Gasteiger partial charge in [0.2, 0.25) is 0 Å². The van der Waals surface area contributed by atoms with Gasteiger partial charge in [-0.3, -0.25) is 0 Å². The van der Waals surface area contributed by atoms with Gasteiger partial charge in [-0.25, -0.2) is 0 Å². The summed E-state index contributed by atoms with van der Waals surface area (Å²) in [6.45, 7) is 0. The standard InChI is InChI=1S/C56H34/c1-2-8-37(9-3-1)47-29-27-46-34-52(49-17-7-12-40-26-31-50(47)56(46)55(40)49)45-16-6-14-43(33-45)36-20-18-35(19-21-36)42-13-5-15-44(32-42)48-28-24-41-23-22-38-10-4-11-39-25-30-51(48)54(41)53(38)39/h1-34H/i5D,6D,13D,14D,15D,16D,18D,19D,20D,21D,32D,33D. The first-order valence-electron chi connectivity index (χ1n) is 24.5. The molecule has 0 aliphatic rings. The molecule has 0 nitrogen and oxygen atoms in total. The van der Waals surface area contributed by atoms with Crippen LogP contribution < -0.4 is 0 Å². The fourth-order valence-electron chi connectivity index (χ4n) is 8.63. The Morgan fingerprint density at radius 3 is 1.38 bits per heavy atom. The van der Waals surface area contributed by atoms with E-state index in [4.69, 9.17) is 6.85 Å². The van der Waals surface area contributed by atoms with E-state index in [2.05, 4.69) is 18.2 Å². The molecule has 0 bridgehead atoms. The first-order chi connectivity index (χ1) is 32.8. The minimum Gasteiger partial charge on any atom is -0.0622 e. The first-order valence-corrected chi connectivity index (χ1v) is 18.5. The molecule has 0 heterocycles. The molecule has 0 radical (unpaired) electrons. The second-order valence-electron chi connectivity index (χ2n) is 14.2. The van der Waals surface area contributed by atoms with Gasteiger partial charge < -0.3 is 0 Å². The van der Waals surface area contributed by atoms with Crippen LogP contribution in [0.2, 0.25) is 0 Å². The maximum Gasteiger partial charge on any atom is 0.0636 e. The van der Waals surface area contributed by atoms with Gasteiger partial charge in [0.25, 0.3) is 0 Å². The minimum atomic E-state index is -0.682. The largest absolute Gasteiger partial charge is 0.0636 e. The van der Waals surface area contributed by atoms with E-state index < -0.39 is 83.6 Å². The monoisotopic (exact) mass is 718 g/mol. The van der Waals surface area contributed by atoms with Gasteiger partial charge in [0.1, 0.15) is 0 Å². The number of benzene rings is 12. The van der Waals surface area contributed by atoms with E-state index in [1.54, 1.807) is 6.07 Å². The predicted molar refractivity (Wildman–Crippen MR) is 241 cm³/mol. The molecule has 0 spiro atoms. The SMILES string of the molecule is [2H]c1c([2H])c(-c2c([2H])c([2H])c(-c3c([2H])c([2H])c([2H])c(-c4cc5ccc(-c6ccccc6)c6ccc7cccc4c7c56)c3[2H])c([2H])c2[2H])c([2H])c(-c2ccc3ccc4cccc5ccc2c3c45)c1[2H]. The van der Waals surface area contributed by atoms with Crippen LogP contribution in [0.1, 0.15) is 16.4 Å². The van der Waals surface area contributed by atoms with Crippen LogP contribution in [0.25, 0.3) is 120 Å². The topological polar surface area (TPSA) is 0 Å². The molecule has 0 saturated heterocycles. The van der Waals surface area contributed by atoms with Gasteiger partial charge in [-0.05, 0) is 138 Å². The summed E-state index contributed by atoms with van der Waals surface area (Å²) in [6, 6.07) is 36.6. The lowest BCUT2D eigenvalue weighted by Gasteiger charge is -2.17. The van der Waals surface area contributed by atoms with E-state index in [1.165, 1.54) is 0 Å². The zero-order valence-electron chi connectivity index (χ0n) is 41.7. The van der Waals surface area contributed by atoms with Gasteiger partial charge in [0.05, 0.1) is 16.4 Å². The number of hydrogen-bond donors (Lipinski definition) is 0. The van der Waals surface area contributed by atoms with E-state index in [-0.39, 0.29) is 22.3 Å². The Bertz CT molecular complexity index is 4120. The molecule has 0 aromatic heterocycles. The van der Waals surface area contributed by atoms with Crippen molar-refractivity contribution in [2.45, 2.75) is 0 Å².